The minimum atomic E-state index is -1.05. The smallest absolute Gasteiger partial charge is 0.351 e. The second-order valence-electron chi connectivity index (χ2n) is 5.64. The number of carbonyl (C=O) groups is 2. The van der Waals surface area contributed by atoms with Gasteiger partial charge in [-0.15, -0.1) is 0 Å². The van der Waals surface area contributed by atoms with E-state index in [1.807, 2.05) is 30.3 Å². The van der Waals surface area contributed by atoms with Crippen LogP contribution in [0, 0.1) is 5.92 Å². The third-order valence-corrected chi connectivity index (χ3v) is 3.45. The van der Waals surface area contributed by atoms with E-state index >= 15 is 0 Å². The van der Waals surface area contributed by atoms with Crippen LogP contribution in [0.3, 0.4) is 0 Å². The van der Waals surface area contributed by atoms with Gasteiger partial charge < -0.3 is 9.47 Å². The summed E-state index contributed by atoms with van der Waals surface area (Å²) in [6, 6.07) is 9.47. The summed E-state index contributed by atoms with van der Waals surface area (Å²) in [5, 5.41) is 0. The van der Waals surface area contributed by atoms with Crippen LogP contribution in [0.15, 0.2) is 30.3 Å². The molecule has 4 heteroatoms. The Kier molecular flexibility index (Phi) is 4.42. The van der Waals surface area contributed by atoms with Gasteiger partial charge in [0.15, 0.2) is 0 Å². The van der Waals surface area contributed by atoms with Gasteiger partial charge in [0.25, 0.3) is 0 Å². The van der Waals surface area contributed by atoms with Gasteiger partial charge >= 0.3 is 11.9 Å². The summed E-state index contributed by atoms with van der Waals surface area (Å²) in [6.07, 6.45) is 1.49. The molecule has 0 unspecified atom stereocenters. The fraction of sp³-hybridized carbons (Fsp3) is 0.500. The van der Waals surface area contributed by atoms with Crippen molar-refractivity contribution in [2.24, 2.45) is 5.92 Å². The van der Waals surface area contributed by atoms with Crippen molar-refractivity contribution in [3.05, 3.63) is 35.9 Å². The van der Waals surface area contributed by atoms with Gasteiger partial charge in [0.1, 0.15) is 6.61 Å². The lowest BCUT2D eigenvalue weighted by Gasteiger charge is -2.38. The highest BCUT2D eigenvalue weighted by Gasteiger charge is 2.53. The zero-order valence-electron chi connectivity index (χ0n) is 11.9. The second kappa shape index (κ2) is 6.07. The largest absolute Gasteiger partial charge is 0.458 e. The SMILES string of the molecule is CC(C)CC[C@]1(C(=O)OCc2ccccc2)CC(=O)O1. The standard InChI is InChI=1S/C16H20O4/c1-12(2)8-9-16(10-14(17)20-16)15(18)19-11-13-6-4-3-5-7-13/h3-7,12H,8-11H2,1-2H3/t16-/m1/s1. The van der Waals surface area contributed by atoms with Gasteiger partial charge in [-0.3, -0.25) is 4.79 Å². The molecule has 0 radical (unpaired) electrons. The first-order valence-corrected chi connectivity index (χ1v) is 6.95. The van der Waals surface area contributed by atoms with Crippen LogP contribution < -0.4 is 0 Å². The fourth-order valence-electron chi connectivity index (χ4n) is 2.17. The number of benzene rings is 1. The molecule has 0 bridgehead atoms. The Labute approximate surface area is 119 Å². The quantitative estimate of drug-likeness (QED) is 0.750. The highest BCUT2D eigenvalue weighted by atomic mass is 16.6. The molecule has 0 amide bonds. The van der Waals surface area contributed by atoms with Crippen molar-refractivity contribution >= 4 is 11.9 Å². The molecule has 2 rings (SSSR count). The maximum Gasteiger partial charge on any atom is 0.351 e. The zero-order chi connectivity index (χ0) is 14.6. The topological polar surface area (TPSA) is 52.6 Å². The number of rotatable bonds is 6. The number of esters is 2. The highest BCUT2D eigenvalue weighted by molar-refractivity contribution is 5.93. The van der Waals surface area contributed by atoms with E-state index in [-0.39, 0.29) is 19.0 Å². The zero-order valence-corrected chi connectivity index (χ0v) is 11.9. The molecule has 1 atom stereocenters. The minimum absolute atomic E-state index is 0.132. The Hall–Kier alpha value is -1.84. The monoisotopic (exact) mass is 276 g/mol. The van der Waals surface area contributed by atoms with Crippen molar-refractivity contribution < 1.29 is 19.1 Å². The normalized spacial score (nSPS) is 21.2. The third kappa shape index (κ3) is 3.38. The molecule has 1 heterocycles. The van der Waals surface area contributed by atoms with Crippen LogP contribution >= 0.6 is 0 Å². The summed E-state index contributed by atoms with van der Waals surface area (Å²) in [5.74, 6) is -0.305. The molecule has 1 aliphatic rings. The summed E-state index contributed by atoms with van der Waals surface area (Å²) in [5.41, 5.74) is -0.124. The van der Waals surface area contributed by atoms with Gasteiger partial charge in [-0.05, 0) is 24.3 Å². The Morgan fingerprint density at radius 1 is 1.35 bits per heavy atom. The summed E-state index contributed by atoms with van der Waals surface area (Å²) >= 11 is 0. The molecule has 0 aliphatic carbocycles. The summed E-state index contributed by atoms with van der Waals surface area (Å²) in [7, 11) is 0. The molecular weight excluding hydrogens is 256 g/mol. The lowest BCUT2D eigenvalue weighted by molar-refractivity contribution is -0.210. The molecule has 20 heavy (non-hydrogen) atoms. The molecule has 0 N–H and O–H groups in total. The van der Waals surface area contributed by atoms with E-state index in [0.29, 0.717) is 12.3 Å². The molecule has 1 fully saturated rings. The molecule has 0 aromatic heterocycles. The Balaban J connectivity index is 1.92. The highest BCUT2D eigenvalue weighted by Crippen LogP contribution is 2.35. The number of ether oxygens (including phenoxy) is 2. The van der Waals surface area contributed by atoms with Crippen LogP contribution in [0.5, 0.6) is 0 Å². The van der Waals surface area contributed by atoms with Gasteiger partial charge in [0.05, 0.1) is 6.42 Å². The Bertz CT molecular complexity index is 471. The van der Waals surface area contributed by atoms with Crippen LogP contribution in [0.4, 0.5) is 0 Å². The van der Waals surface area contributed by atoms with Crippen molar-refractivity contribution in [1.29, 1.82) is 0 Å². The lowest BCUT2D eigenvalue weighted by atomic mass is 9.86. The number of cyclic esters (lactones) is 1. The van der Waals surface area contributed by atoms with Crippen molar-refractivity contribution in [3.8, 4) is 0 Å². The van der Waals surface area contributed by atoms with Crippen LogP contribution in [0.2, 0.25) is 0 Å². The minimum Gasteiger partial charge on any atom is -0.458 e. The molecule has 1 aromatic rings. The summed E-state index contributed by atoms with van der Waals surface area (Å²) in [6.45, 7) is 4.35. The Morgan fingerprint density at radius 3 is 2.55 bits per heavy atom. The first-order chi connectivity index (χ1) is 9.52. The second-order valence-corrected chi connectivity index (χ2v) is 5.64. The molecule has 108 valence electrons. The molecule has 1 aromatic carbocycles. The van der Waals surface area contributed by atoms with E-state index in [9.17, 15) is 9.59 Å². The van der Waals surface area contributed by atoms with E-state index < -0.39 is 11.6 Å². The average Bonchev–Trinajstić information content (AvgIpc) is 2.40. The summed E-state index contributed by atoms with van der Waals surface area (Å²) < 4.78 is 10.4. The van der Waals surface area contributed by atoms with E-state index in [2.05, 4.69) is 13.8 Å². The van der Waals surface area contributed by atoms with Crippen LogP contribution in [-0.4, -0.2) is 17.5 Å². The lowest BCUT2D eigenvalue weighted by Crippen LogP contribution is -2.54. The van der Waals surface area contributed by atoms with Crippen LogP contribution in [-0.2, 0) is 25.7 Å². The van der Waals surface area contributed by atoms with Crippen molar-refractivity contribution in [3.63, 3.8) is 0 Å². The van der Waals surface area contributed by atoms with Crippen molar-refractivity contribution in [2.45, 2.75) is 45.3 Å². The van der Waals surface area contributed by atoms with E-state index in [0.717, 1.165) is 12.0 Å². The van der Waals surface area contributed by atoms with Crippen LogP contribution in [0.1, 0.15) is 38.7 Å². The molecule has 1 saturated heterocycles. The number of hydrogen-bond acceptors (Lipinski definition) is 4. The molecular formula is C16H20O4. The molecule has 4 nitrogen and oxygen atoms in total. The van der Waals surface area contributed by atoms with E-state index in [4.69, 9.17) is 9.47 Å². The van der Waals surface area contributed by atoms with Gasteiger partial charge in [0.2, 0.25) is 5.60 Å². The maximum absolute atomic E-state index is 12.2. The summed E-state index contributed by atoms with van der Waals surface area (Å²) in [4.78, 5) is 23.3. The predicted octanol–water partition coefficient (Wildman–Crippen LogP) is 2.85. The van der Waals surface area contributed by atoms with Gasteiger partial charge in [-0.1, -0.05) is 44.2 Å². The number of carbonyl (C=O) groups excluding carboxylic acids is 2. The average molecular weight is 276 g/mol. The van der Waals surface area contributed by atoms with Gasteiger partial charge in [0, 0.05) is 0 Å². The number of hydrogen-bond donors (Lipinski definition) is 0. The molecule has 1 aliphatic heterocycles. The first-order valence-electron chi connectivity index (χ1n) is 6.95. The fourth-order valence-corrected chi connectivity index (χ4v) is 2.17. The van der Waals surface area contributed by atoms with Crippen molar-refractivity contribution in [1.82, 2.24) is 0 Å². The van der Waals surface area contributed by atoms with Gasteiger partial charge in [-0.25, -0.2) is 4.79 Å². The Morgan fingerprint density at radius 2 is 2.00 bits per heavy atom. The molecule has 0 spiro atoms. The van der Waals surface area contributed by atoms with Gasteiger partial charge in [-0.2, -0.15) is 0 Å². The van der Waals surface area contributed by atoms with E-state index in [1.165, 1.54) is 0 Å². The van der Waals surface area contributed by atoms with E-state index in [1.54, 1.807) is 0 Å². The predicted molar refractivity (Wildman–Crippen MR) is 73.8 cm³/mol. The van der Waals surface area contributed by atoms with Crippen molar-refractivity contribution in [2.75, 3.05) is 0 Å². The first kappa shape index (κ1) is 14.6. The third-order valence-electron chi connectivity index (χ3n) is 3.45. The molecule has 0 saturated carbocycles. The van der Waals surface area contributed by atoms with Crippen LogP contribution in [0.25, 0.3) is 0 Å². The maximum atomic E-state index is 12.2.